The van der Waals surface area contributed by atoms with Crippen molar-refractivity contribution < 1.29 is 27.3 Å². The van der Waals surface area contributed by atoms with E-state index in [-0.39, 0.29) is 18.1 Å². The van der Waals surface area contributed by atoms with Crippen LogP contribution in [0.3, 0.4) is 0 Å². The van der Waals surface area contributed by atoms with Gasteiger partial charge in [-0.05, 0) is 42.0 Å². The van der Waals surface area contributed by atoms with E-state index >= 15 is 0 Å². The predicted octanol–water partition coefficient (Wildman–Crippen LogP) is 5.25. The van der Waals surface area contributed by atoms with Crippen LogP contribution in [0.25, 0.3) is 22.2 Å². The Hall–Kier alpha value is -4.14. The maximum Gasteiger partial charge on any atom is 0.321 e. The number of nitrogens with zero attached hydrogens (tertiary/aromatic N) is 2. The number of carbonyl (C=O) groups excluding carboxylic acids is 2. The van der Waals surface area contributed by atoms with Gasteiger partial charge in [0.25, 0.3) is 5.91 Å². The van der Waals surface area contributed by atoms with Crippen LogP contribution in [0.5, 0.6) is 0 Å². The van der Waals surface area contributed by atoms with Crippen LogP contribution in [0, 0.1) is 5.82 Å². The van der Waals surface area contributed by atoms with Gasteiger partial charge < -0.3 is 14.7 Å². The fourth-order valence-corrected chi connectivity index (χ4v) is 4.39. The molecule has 0 spiro atoms. The molecule has 0 radical (unpaired) electrons. The highest BCUT2D eigenvalue weighted by Gasteiger charge is 2.45. The Labute approximate surface area is 198 Å². The first-order valence-corrected chi connectivity index (χ1v) is 10.9. The molecule has 2 atom stereocenters. The number of hydrogen-bond donors (Lipinski definition) is 1. The molecule has 1 N–H and O–H groups in total. The van der Waals surface area contributed by atoms with Gasteiger partial charge in [-0.1, -0.05) is 35.5 Å². The van der Waals surface area contributed by atoms with Crippen molar-refractivity contribution in [3.8, 4) is 11.3 Å². The predicted molar refractivity (Wildman–Crippen MR) is 123 cm³/mol. The number of amides is 2. The molecule has 1 aliphatic heterocycles. The van der Waals surface area contributed by atoms with Crippen LogP contribution in [0.15, 0.2) is 77.3 Å². The molecule has 0 bridgehead atoms. The number of rotatable bonds is 5. The molecule has 6 nitrogen and oxygen atoms in total. The first-order valence-electron chi connectivity index (χ1n) is 10.9. The van der Waals surface area contributed by atoms with Gasteiger partial charge in [-0.3, -0.25) is 9.59 Å². The summed E-state index contributed by atoms with van der Waals surface area (Å²) in [5, 5.41) is 7.11. The van der Waals surface area contributed by atoms with E-state index < -0.39 is 23.9 Å². The van der Waals surface area contributed by atoms with Gasteiger partial charge in [0.15, 0.2) is 5.58 Å². The monoisotopic (exact) mass is 479 g/mol. The van der Waals surface area contributed by atoms with Crippen LogP contribution in [0.2, 0.25) is 0 Å². The number of hydrogen-bond acceptors (Lipinski definition) is 4. The smallest absolute Gasteiger partial charge is 0.321 e. The zero-order chi connectivity index (χ0) is 24.7. The van der Waals surface area contributed by atoms with Crippen LogP contribution in [-0.4, -0.2) is 28.9 Å². The third-order valence-corrected chi connectivity index (χ3v) is 6.03. The molecule has 178 valence electrons. The van der Waals surface area contributed by atoms with Gasteiger partial charge in [-0.2, -0.15) is 8.78 Å². The molecule has 3 aromatic carbocycles. The van der Waals surface area contributed by atoms with Crippen molar-refractivity contribution in [3.63, 3.8) is 0 Å². The second-order valence-electron chi connectivity index (χ2n) is 8.51. The Morgan fingerprint density at radius 3 is 2.49 bits per heavy atom. The molecule has 0 saturated carbocycles. The lowest BCUT2D eigenvalue weighted by atomic mass is 9.99. The second kappa shape index (κ2) is 8.57. The fourth-order valence-electron chi connectivity index (χ4n) is 4.39. The normalized spacial score (nSPS) is 18.3. The minimum absolute atomic E-state index is 0.142. The Morgan fingerprint density at radius 2 is 1.80 bits per heavy atom. The number of alkyl halides is 2. The van der Waals surface area contributed by atoms with Crippen LogP contribution in [0.4, 0.5) is 18.9 Å². The number of anilines is 1. The second-order valence-corrected chi connectivity index (χ2v) is 8.51. The fraction of sp³-hybridized carbons (Fsp3) is 0.192. The maximum atomic E-state index is 13.6. The van der Waals surface area contributed by atoms with Gasteiger partial charge in [0.1, 0.15) is 11.5 Å². The van der Waals surface area contributed by atoms with E-state index in [1.54, 1.807) is 60.7 Å². The van der Waals surface area contributed by atoms with Crippen molar-refractivity contribution in [1.82, 2.24) is 10.5 Å². The van der Waals surface area contributed by atoms with E-state index in [9.17, 15) is 22.8 Å². The summed E-state index contributed by atoms with van der Waals surface area (Å²) >= 11 is 0. The lowest BCUT2D eigenvalue weighted by molar-refractivity contribution is -0.143. The molecule has 2 unspecified atom stereocenters. The first kappa shape index (κ1) is 22.6. The molecule has 35 heavy (non-hydrogen) atoms. The van der Waals surface area contributed by atoms with Crippen molar-refractivity contribution >= 4 is 28.5 Å². The zero-order valence-electron chi connectivity index (χ0n) is 18.5. The summed E-state index contributed by atoms with van der Waals surface area (Å²) in [6.45, 7) is 0.519. The molecule has 5 rings (SSSR count). The van der Waals surface area contributed by atoms with E-state index in [0.717, 1.165) is 0 Å². The molecule has 4 aromatic rings. The molecular weight excluding hydrogens is 459 g/mol. The minimum Gasteiger partial charge on any atom is -0.356 e. The standard InChI is InChI=1S/C26H20F3N3O3/c1-26(28,29)25(34)30-20-14-22(33)32(24(20)16-5-3-2-4-6-16)18-11-12-19-21(13-18)35-31-23(19)15-7-9-17(27)10-8-15/h2-13,20,24H,14H2,1H3,(H,30,34). The molecule has 9 heteroatoms. The van der Waals surface area contributed by atoms with Gasteiger partial charge in [0, 0.05) is 36.0 Å². The van der Waals surface area contributed by atoms with Crippen molar-refractivity contribution in [2.45, 2.75) is 31.4 Å². The summed E-state index contributed by atoms with van der Waals surface area (Å²) in [5.74, 6) is -5.72. The minimum atomic E-state index is -3.58. The van der Waals surface area contributed by atoms with Gasteiger partial charge >= 0.3 is 5.92 Å². The topological polar surface area (TPSA) is 75.4 Å². The number of carbonyl (C=O) groups is 2. The van der Waals surface area contributed by atoms with Crippen LogP contribution >= 0.6 is 0 Å². The van der Waals surface area contributed by atoms with Gasteiger partial charge in [-0.15, -0.1) is 0 Å². The van der Waals surface area contributed by atoms with E-state index in [1.807, 2.05) is 0 Å². The third-order valence-electron chi connectivity index (χ3n) is 6.03. The number of aromatic nitrogens is 1. The van der Waals surface area contributed by atoms with Gasteiger partial charge in [-0.25, -0.2) is 4.39 Å². The van der Waals surface area contributed by atoms with Crippen molar-refractivity contribution in [1.29, 1.82) is 0 Å². The lowest BCUT2D eigenvalue weighted by Gasteiger charge is -2.29. The van der Waals surface area contributed by atoms with Crippen molar-refractivity contribution in [2.75, 3.05) is 4.90 Å². The Bertz CT molecular complexity index is 1400. The van der Waals surface area contributed by atoms with E-state index in [2.05, 4.69) is 10.5 Å². The van der Waals surface area contributed by atoms with Crippen molar-refractivity contribution in [3.05, 3.63) is 84.2 Å². The molecule has 1 aliphatic rings. The molecule has 1 fully saturated rings. The molecular formula is C26H20F3N3O3. The first-order chi connectivity index (χ1) is 16.7. The highest BCUT2D eigenvalue weighted by Crippen LogP contribution is 2.40. The number of halogens is 3. The Kier molecular flexibility index (Phi) is 5.55. The summed E-state index contributed by atoms with van der Waals surface area (Å²) in [4.78, 5) is 26.6. The lowest BCUT2D eigenvalue weighted by Crippen LogP contribution is -2.46. The van der Waals surface area contributed by atoms with Crippen molar-refractivity contribution in [2.24, 2.45) is 0 Å². The van der Waals surface area contributed by atoms with Gasteiger partial charge in [0.2, 0.25) is 5.91 Å². The number of fused-ring (bicyclic) bond motifs is 1. The van der Waals surface area contributed by atoms with Gasteiger partial charge in [0.05, 0.1) is 12.1 Å². The quantitative estimate of drug-likeness (QED) is 0.424. The Morgan fingerprint density at radius 1 is 1.09 bits per heavy atom. The molecule has 2 heterocycles. The maximum absolute atomic E-state index is 13.6. The van der Waals surface area contributed by atoms with E-state index in [4.69, 9.17) is 4.52 Å². The van der Waals surface area contributed by atoms with Crippen LogP contribution < -0.4 is 10.2 Å². The average molecular weight is 479 g/mol. The SMILES string of the molecule is CC(F)(F)C(=O)NC1CC(=O)N(c2ccc3c(-c4ccc(F)cc4)noc3c2)C1c1ccccc1. The largest absolute Gasteiger partial charge is 0.356 e. The van der Waals surface area contributed by atoms with E-state index in [1.165, 1.54) is 17.0 Å². The highest BCUT2D eigenvalue weighted by molar-refractivity contribution is 6.01. The summed E-state index contributed by atoms with van der Waals surface area (Å²) in [6, 6.07) is 18.3. The van der Waals surface area contributed by atoms with E-state index in [0.29, 0.717) is 40.4 Å². The molecule has 2 amide bonds. The summed E-state index contributed by atoms with van der Waals surface area (Å²) in [5.41, 5.74) is 2.75. The molecule has 1 aromatic heterocycles. The number of nitrogens with one attached hydrogen (secondary N) is 1. The zero-order valence-corrected chi connectivity index (χ0v) is 18.5. The van der Waals surface area contributed by atoms with Crippen LogP contribution in [0.1, 0.15) is 24.9 Å². The third kappa shape index (κ3) is 4.25. The summed E-state index contributed by atoms with van der Waals surface area (Å²) in [6.07, 6.45) is -0.142. The molecule has 1 saturated heterocycles. The average Bonchev–Trinajstić information content (AvgIpc) is 3.39. The highest BCUT2D eigenvalue weighted by atomic mass is 19.3. The number of benzene rings is 3. The molecule has 0 aliphatic carbocycles. The summed E-state index contributed by atoms with van der Waals surface area (Å²) in [7, 11) is 0. The Balaban J connectivity index is 1.53. The summed E-state index contributed by atoms with van der Waals surface area (Å²) < 4.78 is 46.0. The van der Waals surface area contributed by atoms with Crippen LogP contribution in [-0.2, 0) is 9.59 Å².